The summed E-state index contributed by atoms with van der Waals surface area (Å²) in [6, 6.07) is 0. The summed E-state index contributed by atoms with van der Waals surface area (Å²) < 4.78 is 0. The molecule has 0 spiro atoms. The Labute approximate surface area is 64.6 Å². The van der Waals surface area contributed by atoms with Crippen molar-refractivity contribution in [3.63, 3.8) is 0 Å². The van der Waals surface area contributed by atoms with E-state index in [2.05, 4.69) is 20.8 Å². The van der Waals surface area contributed by atoms with Crippen LogP contribution in [0.5, 0.6) is 0 Å². The third kappa shape index (κ3) is 4.71. The summed E-state index contributed by atoms with van der Waals surface area (Å²) >= 11 is 0. The van der Waals surface area contributed by atoms with Crippen LogP contribution in [-0.4, -0.2) is 19.6 Å². The molecular weight excluding hydrogens is 93.0 g/mol. The second kappa shape index (κ2) is 7.56. The van der Waals surface area contributed by atoms with Crippen LogP contribution in [0.25, 0.3) is 0 Å². The Balaban J connectivity index is 0. The van der Waals surface area contributed by atoms with Crippen LogP contribution in [0, 0.1) is 0 Å². The SMILES string of the molecule is CC[NH+](CC)CC.[Li+]. The zero-order valence-corrected chi connectivity index (χ0v) is 6.62. The summed E-state index contributed by atoms with van der Waals surface area (Å²) in [5.41, 5.74) is 0. The Bertz CT molecular complexity index is 30.0. The largest absolute Gasteiger partial charge is 1.00 e. The Morgan fingerprint density at radius 3 is 1.12 bits per heavy atom. The zero-order chi connectivity index (χ0) is 5.70. The third-order valence-electron chi connectivity index (χ3n) is 1.50. The third-order valence-corrected chi connectivity index (χ3v) is 1.50. The molecule has 0 aliphatic heterocycles. The number of hydrogen-bond acceptors (Lipinski definition) is 0. The van der Waals surface area contributed by atoms with Crippen LogP contribution in [0.4, 0.5) is 0 Å². The summed E-state index contributed by atoms with van der Waals surface area (Å²) in [6.45, 7) is 10.5. The molecule has 0 saturated carbocycles. The van der Waals surface area contributed by atoms with Gasteiger partial charge in [0.2, 0.25) is 0 Å². The van der Waals surface area contributed by atoms with E-state index >= 15 is 0 Å². The van der Waals surface area contributed by atoms with Crippen LogP contribution < -0.4 is 23.8 Å². The molecule has 0 atom stereocenters. The van der Waals surface area contributed by atoms with Gasteiger partial charge in [-0.2, -0.15) is 0 Å². The topological polar surface area (TPSA) is 4.44 Å². The van der Waals surface area contributed by atoms with Crippen molar-refractivity contribution in [3.8, 4) is 0 Å². The molecule has 2 heteroatoms. The van der Waals surface area contributed by atoms with Crippen molar-refractivity contribution in [2.75, 3.05) is 19.6 Å². The maximum Gasteiger partial charge on any atom is 1.00 e. The fourth-order valence-electron chi connectivity index (χ4n) is 0.750. The van der Waals surface area contributed by atoms with Gasteiger partial charge in [0.1, 0.15) is 0 Å². The van der Waals surface area contributed by atoms with Gasteiger partial charge in [-0.3, -0.25) is 0 Å². The summed E-state index contributed by atoms with van der Waals surface area (Å²) in [5, 5.41) is 0. The van der Waals surface area contributed by atoms with Gasteiger partial charge < -0.3 is 4.90 Å². The van der Waals surface area contributed by atoms with Crippen molar-refractivity contribution < 1.29 is 23.8 Å². The van der Waals surface area contributed by atoms with Gasteiger partial charge in [0.15, 0.2) is 0 Å². The van der Waals surface area contributed by atoms with Gasteiger partial charge in [0.05, 0.1) is 19.6 Å². The number of quaternary nitrogens is 1. The summed E-state index contributed by atoms with van der Waals surface area (Å²) in [5.74, 6) is 0. The predicted molar refractivity (Wildman–Crippen MR) is 32.6 cm³/mol. The van der Waals surface area contributed by atoms with Crippen molar-refractivity contribution in [1.29, 1.82) is 0 Å². The number of nitrogens with one attached hydrogen (secondary N) is 1. The Morgan fingerprint density at radius 2 is 1.12 bits per heavy atom. The molecule has 0 radical (unpaired) electrons. The maximum atomic E-state index is 2.22. The van der Waals surface area contributed by atoms with Gasteiger partial charge in [0.25, 0.3) is 0 Å². The van der Waals surface area contributed by atoms with E-state index in [9.17, 15) is 0 Å². The molecule has 0 unspecified atom stereocenters. The van der Waals surface area contributed by atoms with E-state index in [0.29, 0.717) is 0 Å². The quantitative estimate of drug-likeness (QED) is 0.367. The van der Waals surface area contributed by atoms with Crippen molar-refractivity contribution in [2.24, 2.45) is 0 Å². The van der Waals surface area contributed by atoms with Crippen LogP contribution in [0.1, 0.15) is 20.8 Å². The van der Waals surface area contributed by atoms with Gasteiger partial charge in [-0.1, -0.05) is 0 Å². The minimum absolute atomic E-state index is 0. The van der Waals surface area contributed by atoms with Crippen LogP contribution in [-0.2, 0) is 0 Å². The second-order valence-corrected chi connectivity index (χ2v) is 1.81. The van der Waals surface area contributed by atoms with E-state index in [1.54, 1.807) is 4.90 Å². The summed E-state index contributed by atoms with van der Waals surface area (Å²) in [7, 11) is 0. The molecule has 0 heterocycles. The van der Waals surface area contributed by atoms with E-state index in [0.717, 1.165) is 0 Å². The minimum atomic E-state index is 0. The van der Waals surface area contributed by atoms with E-state index in [4.69, 9.17) is 0 Å². The number of rotatable bonds is 3. The first kappa shape index (κ1) is 11.4. The molecule has 1 nitrogen and oxygen atoms in total. The van der Waals surface area contributed by atoms with Gasteiger partial charge >= 0.3 is 18.9 Å². The first-order valence-corrected chi connectivity index (χ1v) is 3.18. The van der Waals surface area contributed by atoms with Gasteiger partial charge in [-0.15, -0.1) is 0 Å². The summed E-state index contributed by atoms with van der Waals surface area (Å²) in [4.78, 5) is 1.68. The molecule has 0 aromatic rings. The van der Waals surface area contributed by atoms with Crippen LogP contribution in [0.2, 0.25) is 0 Å². The molecule has 0 aliphatic rings. The molecule has 0 amide bonds. The Kier molecular flexibility index (Phi) is 10.7. The fourth-order valence-corrected chi connectivity index (χ4v) is 0.750. The van der Waals surface area contributed by atoms with Gasteiger partial charge in [0, 0.05) is 0 Å². The van der Waals surface area contributed by atoms with E-state index in [1.807, 2.05) is 0 Å². The average Bonchev–Trinajstić information content (AvgIpc) is 1.72. The molecule has 0 bridgehead atoms. The minimum Gasteiger partial charge on any atom is -0.336 e. The monoisotopic (exact) mass is 109 g/mol. The molecule has 0 aromatic carbocycles. The van der Waals surface area contributed by atoms with E-state index < -0.39 is 0 Å². The van der Waals surface area contributed by atoms with Gasteiger partial charge in [-0.05, 0) is 20.8 Å². The van der Waals surface area contributed by atoms with E-state index in [1.165, 1.54) is 19.6 Å². The number of hydrogen-bond donors (Lipinski definition) is 1. The smallest absolute Gasteiger partial charge is 0.336 e. The Morgan fingerprint density at radius 1 is 0.875 bits per heavy atom. The van der Waals surface area contributed by atoms with E-state index in [-0.39, 0.29) is 18.9 Å². The van der Waals surface area contributed by atoms with Crippen molar-refractivity contribution >= 4 is 0 Å². The maximum absolute atomic E-state index is 2.22. The first-order chi connectivity index (χ1) is 3.35. The predicted octanol–water partition coefficient (Wildman–Crippen LogP) is -3.06. The van der Waals surface area contributed by atoms with Crippen molar-refractivity contribution in [1.82, 2.24) is 0 Å². The second-order valence-electron chi connectivity index (χ2n) is 1.81. The Hall–Kier alpha value is 0.557. The molecule has 0 aliphatic carbocycles. The molecule has 8 heavy (non-hydrogen) atoms. The molecule has 0 aromatic heterocycles. The van der Waals surface area contributed by atoms with Crippen LogP contribution in [0.3, 0.4) is 0 Å². The van der Waals surface area contributed by atoms with Gasteiger partial charge in [-0.25, -0.2) is 0 Å². The molecule has 0 saturated heterocycles. The standard InChI is InChI=1S/C6H15N.Li/c1-4-7(5-2)6-3;/h4-6H2,1-3H3;/q;+1/p+1. The van der Waals surface area contributed by atoms with Crippen LogP contribution >= 0.6 is 0 Å². The summed E-state index contributed by atoms with van der Waals surface area (Å²) in [6.07, 6.45) is 0. The molecular formula is C6H16LiN+2. The first-order valence-electron chi connectivity index (χ1n) is 3.18. The van der Waals surface area contributed by atoms with Crippen LogP contribution in [0.15, 0.2) is 0 Å². The normalized spacial score (nSPS) is 9.00. The van der Waals surface area contributed by atoms with Crippen molar-refractivity contribution in [2.45, 2.75) is 20.8 Å². The fraction of sp³-hybridized carbons (Fsp3) is 1.00. The molecule has 0 fully saturated rings. The molecule has 44 valence electrons. The molecule has 1 N–H and O–H groups in total. The van der Waals surface area contributed by atoms with Crippen molar-refractivity contribution in [3.05, 3.63) is 0 Å². The molecule has 0 rings (SSSR count). The average molecular weight is 109 g/mol. The zero-order valence-electron chi connectivity index (χ0n) is 6.62.